The van der Waals surface area contributed by atoms with Gasteiger partial charge in [-0.3, -0.25) is 10.1 Å². The van der Waals surface area contributed by atoms with E-state index in [0.29, 0.717) is 11.7 Å². The summed E-state index contributed by atoms with van der Waals surface area (Å²) in [7, 11) is 0. The highest BCUT2D eigenvalue weighted by molar-refractivity contribution is 7.16. The fourth-order valence-corrected chi connectivity index (χ4v) is 3.95. The fraction of sp³-hybridized carbons (Fsp3) is 0.375. The van der Waals surface area contributed by atoms with Crippen LogP contribution in [0.25, 0.3) is 11.3 Å². The van der Waals surface area contributed by atoms with E-state index < -0.39 is 0 Å². The Morgan fingerprint density at radius 3 is 3.10 bits per heavy atom. The first-order valence-corrected chi connectivity index (χ1v) is 8.13. The number of hydrogen-bond acceptors (Lipinski definition) is 4. The van der Waals surface area contributed by atoms with Crippen LogP contribution in [0.15, 0.2) is 24.3 Å². The van der Waals surface area contributed by atoms with Gasteiger partial charge in [-0.2, -0.15) is 0 Å². The highest BCUT2D eigenvalue weighted by atomic mass is 32.1. The minimum Gasteiger partial charge on any atom is -0.368 e. The summed E-state index contributed by atoms with van der Waals surface area (Å²) in [6, 6.07) is 8.37. The standard InChI is InChI=1S/C16H16N2O2S/c19-15(12-6-3-9-20-12)18-16-17-14-11-5-2-1-4-10(11)7-8-13(14)21-16/h1-2,4-5,12H,3,6-9H2,(H,17,18,19)/t12-/m1/s1. The van der Waals surface area contributed by atoms with Crippen LogP contribution in [0.3, 0.4) is 0 Å². The second kappa shape index (κ2) is 5.24. The first-order chi connectivity index (χ1) is 10.3. The third-order valence-corrected chi connectivity index (χ3v) is 5.07. The third kappa shape index (κ3) is 2.36. The molecule has 1 saturated heterocycles. The van der Waals surface area contributed by atoms with Gasteiger partial charge in [0.25, 0.3) is 5.91 Å². The molecule has 0 unspecified atom stereocenters. The second-order valence-electron chi connectivity index (χ2n) is 5.44. The minimum atomic E-state index is -0.307. The summed E-state index contributed by atoms with van der Waals surface area (Å²) < 4.78 is 5.41. The van der Waals surface area contributed by atoms with Crippen LogP contribution in [0, 0.1) is 0 Å². The summed E-state index contributed by atoms with van der Waals surface area (Å²) in [6.07, 6.45) is 3.50. The smallest absolute Gasteiger partial charge is 0.255 e. The van der Waals surface area contributed by atoms with E-state index >= 15 is 0 Å². The number of benzene rings is 1. The van der Waals surface area contributed by atoms with E-state index in [4.69, 9.17) is 4.74 Å². The van der Waals surface area contributed by atoms with E-state index in [1.807, 2.05) is 6.07 Å². The Hall–Kier alpha value is -1.72. The molecule has 21 heavy (non-hydrogen) atoms. The predicted octanol–water partition coefficient (Wildman–Crippen LogP) is 3.03. The summed E-state index contributed by atoms with van der Waals surface area (Å²) >= 11 is 1.59. The Morgan fingerprint density at radius 1 is 1.33 bits per heavy atom. The molecule has 2 heterocycles. The monoisotopic (exact) mass is 300 g/mol. The number of carbonyl (C=O) groups is 1. The lowest BCUT2D eigenvalue weighted by Gasteiger charge is -2.13. The van der Waals surface area contributed by atoms with Gasteiger partial charge < -0.3 is 4.74 Å². The number of nitrogens with one attached hydrogen (secondary N) is 1. The first kappa shape index (κ1) is 13.0. The van der Waals surface area contributed by atoms with Crippen LogP contribution < -0.4 is 5.32 Å². The van der Waals surface area contributed by atoms with Gasteiger partial charge in [0.05, 0.1) is 5.69 Å². The Balaban J connectivity index is 1.60. The number of hydrogen-bond donors (Lipinski definition) is 1. The molecular formula is C16H16N2O2S. The molecule has 1 N–H and O–H groups in total. The van der Waals surface area contributed by atoms with Gasteiger partial charge in [0.2, 0.25) is 0 Å². The van der Waals surface area contributed by atoms with Crippen molar-refractivity contribution in [3.05, 3.63) is 34.7 Å². The van der Waals surface area contributed by atoms with Crippen molar-refractivity contribution < 1.29 is 9.53 Å². The zero-order chi connectivity index (χ0) is 14.2. The SMILES string of the molecule is O=C(Nc1nc2c(s1)CCc1ccccc1-2)[C@H]1CCCO1. The number of fused-ring (bicyclic) bond motifs is 3. The maximum Gasteiger partial charge on any atom is 0.255 e. The van der Waals surface area contributed by atoms with E-state index in [9.17, 15) is 4.79 Å². The van der Waals surface area contributed by atoms with Gasteiger partial charge in [-0.05, 0) is 31.2 Å². The number of nitrogens with zero attached hydrogens (tertiary/aromatic N) is 1. The molecule has 5 heteroatoms. The number of amides is 1. The summed E-state index contributed by atoms with van der Waals surface area (Å²) in [4.78, 5) is 18.0. The summed E-state index contributed by atoms with van der Waals surface area (Å²) in [5.74, 6) is -0.0631. The van der Waals surface area contributed by atoms with Crippen molar-refractivity contribution in [2.24, 2.45) is 0 Å². The molecule has 0 radical (unpaired) electrons. The molecule has 1 aromatic heterocycles. The first-order valence-electron chi connectivity index (χ1n) is 7.32. The molecule has 1 aliphatic heterocycles. The number of thiazole rings is 1. The zero-order valence-corrected chi connectivity index (χ0v) is 12.4. The topological polar surface area (TPSA) is 51.2 Å². The molecule has 4 rings (SSSR count). The van der Waals surface area contributed by atoms with Gasteiger partial charge in [-0.25, -0.2) is 4.98 Å². The third-order valence-electron chi connectivity index (χ3n) is 4.04. The van der Waals surface area contributed by atoms with Crippen LogP contribution in [-0.2, 0) is 22.4 Å². The Labute approximate surface area is 127 Å². The normalized spacial score (nSPS) is 19.9. The molecule has 2 aliphatic rings. The van der Waals surface area contributed by atoms with Crippen LogP contribution in [0.5, 0.6) is 0 Å². The van der Waals surface area contributed by atoms with Crippen molar-refractivity contribution in [1.82, 2.24) is 4.98 Å². The highest BCUT2D eigenvalue weighted by Crippen LogP contribution is 2.38. The lowest BCUT2D eigenvalue weighted by atomic mass is 9.94. The number of rotatable bonds is 2. The van der Waals surface area contributed by atoms with Gasteiger partial charge in [0, 0.05) is 17.0 Å². The molecule has 1 amide bonds. The van der Waals surface area contributed by atoms with Gasteiger partial charge in [0.15, 0.2) is 5.13 Å². The number of aryl methyl sites for hydroxylation is 2. The molecule has 0 saturated carbocycles. The molecule has 2 aromatic rings. The van der Waals surface area contributed by atoms with Crippen molar-refractivity contribution >= 4 is 22.4 Å². The van der Waals surface area contributed by atoms with Crippen LogP contribution in [-0.4, -0.2) is 23.6 Å². The van der Waals surface area contributed by atoms with Crippen molar-refractivity contribution in [3.63, 3.8) is 0 Å². The lowest BCUT2D eigenvalue weighted by Crippen LogP contribution is -2.26. The van der Waals surface area contributed by atoms with Crippen molar-refractivity contribution in [1.29, 1.82) is 0 Å². The van der Waals surface area contributed by atoms with Gasteiger partial charge in [-0.15, -0.1) is 11.3 Å². The number of aromatic nitrogens is 1. The molecule has 0 bridgehead atoms. The molecule has 1 aromatic carbocycles. The van der Waals surface area contributed by atoms with E-state index in [1.54, 1.807) is 11.3 Å². The molecule has 1 atom stereocenters. The van der Waals surface area contributed by atoms with E-state index in [1.165, 1.54) is 16.0 Å². The fourth-order valence-electron chi connectivity index (χ4n) is 2.97. The largest absolute Gasteiger partial charge is 0.368 e. The van der Waals surface area contributed by atoms with E-state index in [2.05, 4.69) is 28.5 Å². The van der Waals surface area contributed by atoms with Crippen LogP contribution >= 0.6 is 11.3 Å². The maximum absolute atomic E-state index is 12.1. The zero-order valence-electron chi connectivity index (χ0n) is 11.6. The van der Waals surface area contributed by atoms with Gasteiger partial charge in [-0.1, -0.05) is 24.3 Å². The Morgan fingerprint density at radius 2 is 2.24 bits per heavy atom. The van der Waals surface area contributed by atoms with Crippen LogP contribution in [0.4, 0.5) is 5.13 Å². The molecule has 108 valence electrons. The Kier molecular flexibility index (Phi) is 3.24. The molecule has 0 spiro atoms. The average Bonchev–Trinajstić information content (AvgIpc) is 3.16. The van der Waals surface area contributed by atoms with Gasteiger partial charge >= 0.3 is 0 Å². The molecular weight excluding hydrogens is 284 g/mol. The second-order valence-corrected chi connectivity index (χ2v) is 6.52. The Bertz CT molecular complexity index is 689. The van der Waals surface area contributed by atoms with Crippen molar-refractivity contribution in [2.75, 3.05) is 11.9 Å². The molecule has 1 fully saturated rings. The lowest BCUT2D eigenvalue weighted by molar-refractivity contribution is -0.124. The number of carbonyl (C=O) groups excluding carboxylic acids is 1. The van der Waals surface area contributed by atoms with Crippen molar-refractivity contribution in [2.45, 2.75) is 31.8 Å². The number of ether oxygens (including phenoxy) is 1. The molecule has 1 aliphatic carbocycles. The van der Waals surface area contributed by atoms with Crippen molar-refractivity contribution in [3.8, 4) is 11.3 Å². The van der Waals surface area contributed by atoms with E-state index in [0.717, 1.165) is 31.4 Å². The van der Waals surface area contributed by atoms with Crippen LogP contribution in [0.1, 0.15) is 23.3 Å². The summed E-state index contributed by atoms with van der Waals surface area (Å²) in [5, 5.41) is 3.61. The molecule has 4 nitrogen and oxygen atoms in total. The van der Waals surface area contributed by atoms with E-state index in [-0.39, 0.29) is 12.0 Å². The van der Waals surface area contributed by atoms with Crippen LogP contribution in [0.2, 0.25) is 0 Å². The average molecular weight is 300 g/mol. The highest BCUT2D eigenvalue weighted by Gasteiger charge is 2.26. The minimum absolute atomic E-state index is 0.0631. The van der Waals surface area contributed by atoms with Gasteiger partial charge in [0.1, 0.15) is 6.10 Å². The quantitative estimate of drug-likeness (QED) is 0.927. The maximum atomic E-state index is 12.1. The summed E-state index contributed by atoms with van der Waals surface area (Å²) in [5.41, 5.74) is 3.57. The number of anilines is 1. The predicted molar refractivity (Wildman–Crippen MR) is 82.6 cm³/mol. The summed E-state index contributed by atoms with van der Waals surface area (Å²) in [6.45, 7) is 0.680.